The average molecular weight is 342 g/mol. The van der Waals surface area contributed by atoms with Gasteiger partial charge < -0.3 is 9.47 Å². The molecule has 6 nitrogen and oxygen atoms in total. The maximum Gasteiger partial charge on any atom is 0.338 e. The summed E-state index contributed by atoms with van der Waals surface area (Å²) in [6.45, 7) is 3.63. The van der Waals surface area contributed by atoms with Crippen molar-refractivity contribution < 1.29 is 14.3 Å². The van der Waals surface area contributed by atoms with E-state index in [0.717, 1.165) is 6.08 Å². The van der Waals surface area contributed by atoms with Gasteiger partial charge in [-0.25, -0.2) is 9.48 Å². The summed E-state index contributed by atoms with van der Waals surface area (Å²) >= 11 is 12.0. The topological polar surface area (TPSA) is 66.2 Å². The Morgan fingerprint density at radius 2 is 2.14 bits per heavy atom. The standard InChI is InChI=1S/C14H13Cl2N3O3/c1-9(2)21-13(5-6-20)22-14-17-8-19(18-14)12-4-3-10(15)7-11(12)16/h3-5,7-9,13H,1-2H3. The number of aromatic nitrogens is 3. The van der Waals surface area contributed by atoms with Crippen LogP contribution in [-0.2, 0) is 9.53 Å². The second-order valence-corrected chi connectivity index (χ2v) is 5.37. The van der Waals surface area contributed by atoms with Gasteiger partial charge in [-0.3, -0.25) is 0 Å². The monoisotopic (exact) mass is 341 g/mol. The fourth-order valence-electron chi connectivity index (χ4n) is 1.61. The van der Waals surface area contributed by atoms with E-state index < -0.39 is 6.29 Å². The molecule has 0 bridgehead atoms. The number of hydrogen-bond acceptors (Lipinski definition) is 5. The van der Waals surface area contributed by atoms with Crippen molar-refractivity contribution in [2.75, 3.05) is 0 Å². The summed E-state index contributed by atoms with van der Waals surface area (Å²) in [6.07, 6.45) is 1.49. The molecule has 0 amide bonds. The van der Waals surface area contributed by atoms with Gasteiger partial charge in [-0.1, -0.05) is 23.2 Å². The van der Waals surface area contributed by atoms with E-state index >= 15 is 0 Å². The summed E-state index contributed by atoms with van der Waals surface area (Å²) in [5, 5.41) is 5.07. The lowest BCUT2D eigenvalue weighted by Gasteiger charge is -2.15. The summed E-state index contributed by atoms with van der Waals surface area (Å²) in [6, 6.07) is 5.03. The Bertz CT molecular complexity index is 696. The highest BCUT2D eigenvalue weighted by Crippen LogP contribution is 2.24. The van der Waals surface area contributed by atoms with Crippen LogP contribution >= 0.6 is 23.2 Å². The van der Waals surface area contributed by atoms with Crippen molar-refractivity contribution in [2.24, 2.45) is 0 Å². The molecular weight excluding hydrogens is 329 g/mol. The molecule has 8 heteroatoms. The fourth-order valence-corrected chi connectivity index (χ4v) is 2.11. The first-order chi connectivity index (χ1) is 10.5. The molecule has 0 spiro atoms. The van der Waals surface area contributed by atoms with E-state index in [0.29, 0.717) is 15.7 Å². The van der Waals surface area contributed by atoms with E-state index in [4.69, 9.17) is 32.7 Å². The smallest absolute Gasteiger partial charge is 0.338 e. The molecule has 22 heavy (non-hydrogen) atoms. The van der Waals surface area contributed by atoms with Crippen LogP contribution in [0.25, 0.3) is 5.69 Å². The quantitative estimate of drug-likeness (QED) is 0.596. The zero-order chi connectivity index (χ0) is 16.1. The summed E-state index contributed by atoms with van der Waals surface area (Å²) in [5.41, 5.74) is 0.598. The predicted octanol–water partition coefficient (Wildman–Crippen LogP) is 3.09. The number of ether oxygens (including phenoxy) is 2. The normalized spacial score (nSPS) is 12.0. The van der Waals surface area contributed by atoms with Gasteiger partial charge in [-0.15, -0.1) is 5.10 Å². The summed E-state index contributed by atoms with van der Waals surface area (Å²) in [4.78, 5) is 14.5. The molecule has 1 aromatic heterocycles. The first-order valence-corrected chi connectivity index (χ1v) is 7.15. The largest absolute Gasteiger partial charge is 0.428 e. The number of benzene rings is 1. The Morgan fingerprint density at radius 1 is 1.36 bits per heavy atom. The molecule has 1 unspecified atom stereocenters. The third kappa shape index (κ3) is 4.32. The Labute approximate surface area is 137 Å². The van der Waals surface area contributed by atoms with Gasteiger partial charge in [0.1, 0.15) is 12.3 Å². The first-order valence-electron chi connectivity index (χ1n) is 6.40. The van der Waals surface area contributed by atoms with Crippen molar-refractivity contribution >= 4 is 29.1 Å². The molecule has 1 aromatic carbocycles. The highest BCUT2D eigenvalue weighted by atomic mass is 35.5. The van der Waals surface area contributed by atoms with Gasteiger partial charge in [0.2, 0.25) is 6.29 Å². The Kier molecular flexibility index (Phi) is 5.57. The minimum Gasteiger partial charge on any atom is -0.428 e. The summed E-state index contributed by atoms with van der Waals surface area (Å²) in [5.74, 6) is 1.62. The highest BCUT2D eigenvalue weighted by molar-refractivity contribution is 6.35. The molecule has 0 radical (unpaired) electrons. The molecule has 0 aliphatic rings. The lowest BCUT2D eigenvalue weighted by molar-refractivity contribution is -0.0795. The molecule has 1 heterocycles. The summed E-state index contributed by atoms with van der Waals surface area (Å²) in [7, 11) is 0. The van der Waals surface area contributed by atoms with E-state index in [1.54, 1.807) is 24.1 Å². The van der Waals surface area contributed by atoms with E-state index in [-0.39, 0.29) is 12.1 Å². The third-order valence-corrected chi connectivity index (χ3v) is 3.00. The first kappa shape index (κ1) is 16.5. The van der Waals surface area contributed by atoms with Crippen LogP contribution in [0.15, 0.2) is 30.6 Å². The minimum absolute atomic E-state index is 0.0446. The second kappa shape index (κ2) is 7.42. The summed E-state index contributed by atoms with van der Waals surface area (Å²) < 4.78 is 12.2. The van der Waals surface area contributed by atoms with E-state index in [1.165, 1.54) is 11.0 Å². The van der Waals surface area contributed by atoms with Crippen LogP contribution in [0.5, 0.6) is 6.01 Å². The molecule has 0 N–H and O–H groups in total. The zero-order valence-electron chi connectivity index (χ0n) is 11.9. The van der Waals surface area contributed by atoms with Crippen molar-refractivity contribution in [2.45, 2.75) is 26.2 Å². The molecule has 0 fully saturated rings. The molecule has 2 aromatic rings. The number of nitrogens with zero attached hydrogens (tertiary/aromatic N) is 3. The molecule has 0 aliphatic carbocycles. The van der Waals surface area contributed by atoms with Crippen LogP contribution in [-0.4, -0.2) is 33.1 Å². The van der Waals surface area contributed by atoms with Crippen LogP contribution in [0.1, 0.15) is 13.8 Å². The maximum atomic E-state index is 10.5. The van der Waals surface area contributed by atoms with Gasteiger partial charge in [0.15, 0.2) is 0 Å². The number of carbonyl (C=O) groups excluding carboxylic acids is 1. The fraction of sp³-hybridized carbons (Fsp3) is 0.286. The number of rotatable bonds is 6. The average Bonchev–Trinajstić information content (AvgIpc) is 2.86. The van der Waals surface area contributed by atoms with Crippen molar-refractivity contribution in [1.29, 1.82) is 0 Å². The van der Waals surface area contributed by atoms with E-state index in [2.05, 4.69) is 10.1 Å². The van der Waals surface area contributed by atoms with Crippen LogP contribution in [0.2, 0.25) is 10.0 Å². The predicted molar refractivity (Wildman–Crippen MR) is 82.3 cm³/mol. The number of hydrogen-bond donors (Lipinski definition) is 0. The minimum atomic E-state index is -0.908. The Hall–Kier alpha value is -1.85. The van der Waals surface area contributed by atoms with Gasteiger partial charge in [-0.2, -0.15) is 4.98 Å². The molecule has 116 valence electrons. The zero-order valence-corrected chi connectivity index (χ0v) is 13.4. The second-order valence-electron chi connectivity index (χ2n) is 4.52. The molecular formula is C14H13Cl2N3O3. The van der Waals surface area contributed by atoms with Crippen molar-refractivity contribution in [3.05, 3.63) is 40.6 Å². The van der Waals surface area contributed by atoms with Gasteiger partial charge in [-0.05, 0) is 32.0 Å². The maximum absolute atomic E-state index is 10.5. The lowest BCUT2D eigenvalue weighted by Crippen LogP contribution is -2.22. The molecule has 0 saturated carbocycles. The van der Waals surface area contributed by atoms with Gasteiger partial charge >= 0.3 is 6.01 Å². The SMILES string of the molecule is CC(C)OC(C=C=O)Oc1ncn(-c2ccc(Cl)cc2Cl)n1. The molecule has 1 atom stereocenters. The third-order valence-electron chi connectivity index (χ3n) is 2.46. The van der Waals surface area contributed by atoms with Crippen molar-refractivity contribution in [1.82, 2.24) is 14.8 Å². The molecule has 0 saturated heterocycles. The van der Waals surface area contributed by atoms with Crippen molar-refractivity contribution in [3.8, 4) is 11.7 Å². The Balaban J connectivity index is 2.18. The van der Waals surface area contributed by atoms with Crippen LogP contribution in [0.3, 0.4) is 0 Å². The molecule has 0 aliphatic heterocycles. The van der Waals surface area contributed by atoms with Crippen LogP contribution in [0, 0.1) is 0 Å². The van der Waals surface area contributed by atoms with E-state index in [9.17, 15) is 4.79 Å². The molecule has 2 rings (SSSR count). The van der Waals surface area contributed by atoms with Crippen molar-refractivity contribution in [3.63, 3.8) is 0 Å². The van der Waals surface area contributed by atoms with Gasteiger partial charge in [0, 0.05) is 5.02 Å². The van der Waals surface area contributed by atoms with Crippen LogP contribution < -0.4 is 4.74 Å². The van der Waals surface area contributed by atoms with E-state index in [1.807, 2.05) is 13.8 Å². The van der Waals surface area contributed by atoms with Gasteiger partial charge in [0.25, 0.3) is 0 Å². The van der Waals surface area contributed by atoms with Crippen LogP contribution in [0.4, 0.5) is 0 Å². The number of halogens is 2. The lowest BCUT2D eigenvalue weighted by atomic mass is 10.3. The van der Waals surface area contributed by atoms with Gasteiger partial charge in [0.05, 0.1) is 22.9 Å². The highest BCUT2D eigenvalue weighted by Gasteiger charge is 2.14. The Morgan fingerprint density at radius 3 is 2.77 bits per heavy atom.